The van der Waals surface area contributed by atoms with E-state index in [-0.39, 0.29) is 36.3 Å². The Morgan fingerprint density at radius 1 is 1.00 bits per heavy atom. The van der Waals surface area contributed by atoms with Gasteiger partial charge in [-0.25, -0.2) is 0 Å². The van der Waals surface area contributed by atoms with E-state index in [2.05, 4.69) is 0 Å². The molecule has 57 valence electrons. The van der Waals surface area contributed by atoms with Crippen LogP contribution in [0.15, 0.2) is 0 Å². The molecule has 0 aliphatic heterocycles. The summed E-state index contributed by atoms with van der Waals surface area (Å²) >= 11 is 0. The van der Waals surface area contributed by atoms with Gasteiger partial charge in [0, 0.05) is 11.9 Å². The van der Waals surface area contributed by atoms with Gasteiger partial charge in [0.2, 0.25) is 0 Å². The van der Waals surface area contributed by atoms with Crippen molar-refractivity contribution in [2.45, 2.75) is 19.3 Å². The predicted octanol–water partition coefficient (Wildman–Crippen LogP) is -2.35. The summed E-state index contributed by atoms with van der Waals surface area (Å²) in [4.78, 5) is 19.3. The van der Waals surface area contributed by atoms with Crippen LogP contribution in [0.4, 0.5) is 0 Å². The molecule has 0 bridgehead atoms. The molecule has 10 heavy (non-hydrogen) atoms. The largest absolute Gasteiger partial charge is 2.00 e. The molecule has 0 aromatic heterocycles. The number of carbonyl (C=O) groups excluding carboxylic acids is 2. The second kappa shape index (κ2) is 6.58. The van der Waals surface area contributed by atoms with Crippen LogP contribution in [0.1, 0.15) is 19.3 Å². The monoisotopic (exact) mass is 185 g/mol. The Morgan fingerprint density at radius 3 is 1.50 bits per heavy atom. The number of rotatable bonds is 4. The molecular weight excluding hydrogens is 179 g/mol. The van der Waals surface area contributed by atoms with Gasteiger partial charge in [0.05, 0.1) is 0 Å². The molecule has 0 unspecified atom stereocenters. The molecule has 0 aliphatic carbocycles. The zero-order valence-corrected chi connectivity index (χ0v) is 6.31. The van der Waals surface area contributed by atoms with Crippen LogP contribution in [0.5, 0.6) is 0 Å². The van der Waals surface area contributed by atoms with E-state index in [1.165, 1.54) is 0 Å². The van der Waals surface area contributed by atoms with Gasteiger partial charge in [-0.2, -0.15) is 0 Å². The Kier molecular flexibility index (Phi) is 8.00. The van der Waals surface area contributed by atoms with Crippen LogP contribution in [0.3, 0.4) is 0 Å². The van der Waals surface area contributed by atoms with Gasteiger partial charge in [-0.15, -0.1) is 0 Å². The van der Waals surface area contributed by atoms with Crippen molar-refractivity contribution in [1.29, 1.82) is 0 Å². The molecule has 5 heteroatoms. The first kappa shape index (κ1) is 12.2. The van der Waals surface area contributed by atoms with E-state index in [4.69, 9.17) is 0 Å². The van der Waals surface area contributed by atoms with Gasteiger partial charge in [-0.05, 0) is 19.3 Å². The van der Waals surface area contributed by atoms with Crippen molar-refractivity contribution in [1.82, 2.24) is 0 Å². The molecule has 4 nitrogen and oxygen atoms in total. The number of carbonyl (C=O) groups is 2. The van der Waals surface area contributed by atoms with Gasteiger partial charge in [0.25, 0.3) is 0 Å². The number of hydrogen-bond donors (Lipinski definition) is 0. The normalized spacial score (nSPS) is 8.00. The van der Waals surface area contributed by atoms with Gasteiger partial charge in [0.15, 0.2) is 0 Å². The van der Waals surface area contributed by atoms with Crippen molar-refractivity contribution < 1.29 is 36.9 Å². The molecule has 1 radical (unpaired) electrons. The van der Waals surface area contributed by atoms with E-state index < -0.39 is 11.9 Å². The molecule has 0 fully saturated rings. The predicted molar refractivity (Wildman–Crippen MR) is 23.9 cm³/mol. The maximum absolute atomic E-state index is 9.66. The van der Waals surface area contributed by atoms with Crippen LogP contribution >= 0.6 is 0 Å². The molecule has 0 amide bonds. The van der Waals surface area contributed by atoms with Crippen molar-refractivity contribution in [2.24, 2.45) is 0 Å². The zero-order chi connectivity index (χ0) is 7.28. The van der Waals surface area contributed by atoms with Crippen molar-refractivity contribution >= 4 is 11.9 Å². The van der Waals surface area contributed by atoms with Crippen LogP contribution < -0.4 is 10.2 Å². The van der Waals surface area contributed by atoms with E-state index in [9.17, 15) is 19.8 Å². The molecule has 0 N–H and O–H groups in total. The van der Waals surface area contributed by atoms with Crippen LogP contribution in [0.25, 0.3) is 0 Å². The van der Waals surface area contributed by atoms with E-state index in [0.717, 1.165) is 0 Å². The third-order valence-corrected chi connectivity index (χ3v) is 0.762. The summed E-state index contributed by atoms with van der Waals surface area (Å²) in [5, 5.41) is 19.3. The van der Waals surface area contributed by atoms with Gasteiger partial charge < -0.3 is 19.8 Å². The molecule has 0 heterocycles. The minimum atomic E-state index is -1.23. The number of aliphatic carboxylic acids is 2. The van der Waals surface area contributed by atoms with Gasteiger partial charge in [0.1, 0.15) is 0 Å². The average Bonchev–Trinajstić information content (AvgIpc) is 1.63. The fourth-order valence-corrected chi connectivity index (χ4v) is 0.377. The quantitative estimate of drug-likeness (QED) is 0.459. The Bertz CT molecular complexity index is 109. The van der Waals surface area contributed by atoms with E-state index in [1.807, 2.05) is 0 Å². The Labute approximate surface area is 68.7 Å². The second-order valence-electron chi connectivity index (χ2n) is 1.60. The summed E-state index contributed by atoms with van der Waals surface area (Å²) < 4.78 is 0. The first-order valence-electron chi connectivity index (χ1n) is 2.52. The van der Waals surface area contributed by atoms with E-state index in [0.29, 0.717) is 0 Å². The SMILES string of the molecule is O=C([O-])CCCC(=O)[O-].[Mn+2]. The van der Waals surface area contributed by atoms with Crippen LogP contribution in [-0.2, 0) is 26.7 Å². The average molecular weight is 185 g/mol. The third-order valence-electron chi connectivity index (χ3n) is 0.762. The minimum Gasteiger partial charge on any atom is -0.550 e. The van der Waals surface area contributed by atoms with Gasteiger partial charge >= 0.3 is 17.1 Å². The van der Waals surface area contributed by atoms with Crippen LogP contribution in [-0.4, -0.2) is 11.9 Å². The first-order valence-corrected chi connectivity index (χ1v) is 2.52. The zero-order valence-electron chi connectivity index (χ0n) is 5.13. The standard InChI is InChI=1S/C5H8O4.Mn/c6-4(7)2-1-3-5(8)9;/h1-3H2,(H,6,7)(H,8,9);/q;+2/p-2. The summed E-state index contributed by atoms with van der Waals surface area (Å²) in [5.41, 5.74) is 0. The summed E-state index contributed by atoms with van der Waals surface area (Å²) in [6.45, 7) is 0. The minimum absolute atomic E-state index is 0. The summed E-state index contributed by atoms with van der Waals surface area (Å²) in [7, 11) is 0. The van der Waals surface area contributed by atoms with E-state index >= 15 is 0 Å². The molecule has 0 saturated heterocycles. The molecule has 0 atom stereocenters. The Hall–Kier alpha value is -0.541. The third kappa shape index (κ3) is 10.4. The maximum Gasteiger partial charge on any atom is 2.00 e. The summed E-state index contributed by atoms with van der Waals surface area (Å²) in [5.74, 6) is -2.45. The fraction of sp³-hybridized carbons (Fsp3) is 0.600. The second-order valence-corrected chi connectivity index (χ2v) is 1.60. The number of hydrogen-bond acceptors (Lipinski definition) is 4. The van der Waals surface area contributed by atoms with E-state index in [1.54, 1.807) is 0 Å². The topological polar surface area (TPSA) is 80.3 Å². The molecule has 0 rings (SSSR count). The van der Waals surface area contributed by atoms with Gasteiger partial charge in [-0.1, -0.05) is 0 Å². The molecular formula is C5H6MnO4. The summed E-state index contributed by atoms with van der Waals surface area (Å²) in [6, 6.07) is 0. The first-order chi connectivity index (χ1) is 4.13. The molecule has 0 saturated carbocycles. The molecule has 0 spiro atoms. The van der Waals surface area contributed by atoms with Crippen molar-refractivity contribution in [3.05, 3.63) is 0 Å². The number of carboxylic acid groups (broad SMARTS) is 2. The van der Waals surface area contributed by atoms with Crippen molar-refractivity contribution in [2.75, 3.05) is 0 Å². The van der Waals surface area contributed by atoms with Crippen molar-refractivity contribution in [3.63, 3.8) is 0 Å². The molecule has 0 aliphatic rings. The Balaban J connectivity index is 0. The maximum atomic E-state index is 9.66. The van der Waals surface area contributed by atoms with Crippen molar-refractivity contribution in [3.8, 4) is 0 Å². The molecule has 0 aromatic rings. The number of carboxylic acids is 2. The summed E-state index contributed by atoms with van der Waals surface area (Å²) in [6.07, 6.45) is -0.341. The smallest absolute Gasteiger partial charge is 0.550 e. The fourth-order valence-electron chi connectivity index (χ4n) is 0.377. The van der Waals surface area contributed by atoms with Crippen LogP contribution in [0.2, 0.25) is 0 Å². The van der Waals surface area contributed by atoms with Gasteiger partial charge in [-0.3, -0.25) is 0 Å². The Morgan fingerprint density at radius 2 is 1.30 bits per heavy atom. The van der Waals surface area contributed by atoms with Crippen LogP contribution in [0, 0.1) is 0 Å². The molecule has 0 aromatic carbocycles.